The molecule has 1 fully saturated rings. The van der Waals surface area contributed by atoms with Gasteiger partial charge in [0.25, 0.3) is 0 Å². The normalized spacial score (nSPS) is 20.3. The maximum atomic E-state index is 12.3. The molecule has 1 heterocycles. The van der Waals surface area contributed by atoms with Crippen molar-refractivity contribution < 1.29 is 4.79 Å². The third-order valence-electron chi connectivity index (χ3n) is 3.62. The summed E-state index contributed by atoms with van der Waals surface area (Å²) in [6.07, 6.45) is 3.85. The van der Waals surface area contributed by atoms with E-state index < -0.39 is 0 Å². The van der Waals surface area contributed by atoms with Crippen LogP contribution in [0.2, 0.25) is 0 Å². The van der Waals surface area contributed by atoms with Crippen LogP contribution >= 0.6 is 0 Å². The highest BCUT2D eigenvalue weighted by Crippen LogP contribution is 2.15. The van der Waals surface area contributed by atoms with Crippen molar-refractivity contribution in [2.45, 2.75) is 24.9 Å². The molecule has 1 aliphatic heterocycles. The van der Waals surface area contributed by atoms with E-state index in [4.69, 9.17) is 0 Å². The number of hydrogen-bond acceptors (Lipinski definition) is 3. The van der Waals surface area contributed by atoms with Crippen molar-refractivity contribution in [3.8, 4) is 0 Å². The predicted octanol–water partition coefficient (Wildman–Crippen LogP) is 0.655. The molecule has 0 unspecified atom stereocenters. The van der Waals surface area contributed by atoms with Crippen LogP contribution in [0.25, 0.3) is 0 Å². The van der Waals surface area contributed by atoms with Gasteiger partial charge in [0.2, 0.25) is 5.91 Å². The summed E-state index contributed by atoms with van der Waals surface area (Å²) in [7, 11) is 7.86. The number of likely N-dealkylation sites (N-methyl/N-ethyl adjacent to an activating group) is 2. The van der Waals surface area contributed by atoms with Crippen molar-refractivity contribution in [2.24, 2.45) is 0 Å². The second kappa shape index (κ2) is 6.17. The predicted molar refractivity (Wildman–Crippen MR) is 71.0 cm³/mol. The quantitative estimate of drug-likeness (QED) is 0.674. The Balaban J connectivity index is 2.59. The molecular weight excluding hydrogens is 214 g/mol. The van der Waals surface area contributed by atoms with E-state index in [1.165, 1.54) is 0 Å². The Morgan fingerprint density at radius 3 is 2.29 bits per heavy atom. The van der Waals surface area contributed by atoms with E-state index in [1.54, 1.807) is 6.08 Å². The van der Waals surface area contributed by atoms with Gasteiger partial charge >= 0.3 is 0 Å². The van der Waals surface area contributed by atoms with E-state index in [0.29, 0.717) is 6.04 Å². The first-order valence-electron chi connectivity index (χ1n) is 6.21. The number of nitrogens with zero attached hydrogens (tertiary/aromatic N) is 3. The molecule has 1 rings (SSSR count). The molecule has 0 N–H and O–H groups in total. The van der Waals surface area contributed by atoms with Gasteiger partial charge in [0.05, 0.1) is 0 Å². The van der Waals surface area contributed by atoms with Crippen molar-refractivity contribution in [3.63, 3.8) is 0 Å². The summed E-state index contributed by atoms with van der Waals surface area (Å²) in [6, 6.07) is 0.167. The summed E-state index contributed by atoms with van der Waals surface area (Å²) in [5, 5.41) is 0. The molecule has 0 saturated carbocycles. The van der Waals surface area contributed by atoms with Gasteiger partial charge < -0.3 is 9.80 Å². The number of likely N-dealkylation sites (tertiary alicyclic amines) is 1. The van der Waals surface area contributed by atoms with Gasteiger partial charge in [-0.15, -0.1) is 6.58 Å². The lowest BCUT2D eigenvalue weighted by Crippen LogP contribution is -2.50. The van der Waals surface area contributed by atoms with E-state index in [9.17, 15) is 4.79 Å². The summed E-state index contributed by atoms with van der Waals surface area (Å²) in [5.74, 6) is 0.152. The molecule has 1 atom stereocenters. The van der Waals surface area contributed by atoms with Crippen LogP contribution in [-0.2, 0) is 4.79 Å². The van der Waals surface area contributed by atoms with Gasteiger partial charge in [-0.2, -0.15) is 0 Å². The first-order valence-corrected chi connectivity index (χ1v) is 6.21. The van der Waals surface area contributed by atoms with Gasteiger partial charge in [-0.3, -0.25) is 9.69 Å². The molecule has 1 aliphatic rings. The van der Waals surface area contributed by atoms with Gasteiger partial charge in [0.1, 0.15) is 6.04 Å². The largest absolute Gasteiger partial charge is 0.341 e. The van der Waals surface area contributed by atoms with Gasteiger partial charge in [0, 0.05) is 13.1 Å². The molecule has 0 aromatic carbocycles. The number of rotatable bonds is 4. The van der Waals surface area contributed by atoms with Crippen LogP contribution in [0, 0.1) is 0 Å². The maximum absolute atomic E-state index is 12.3. The van der Waals surface area contributed by atoms with Crippen molar-refractivity contribution >= 4 is 5.91 Å². The molecule has 0 aromatic rings. The van der Waals surface area contributed by atoms with Gasteiger partial charge in [-0.25, -0.2) is 0 Å². The summed E-state index contributed by atoms with van der Waals surface area (Å²) in [6.45, 7) is 5.89. The zero-order chi connectivity index (χ0) is 13.0. The number of amides is 1. The molecule has 0 aliphatic carbocycles. The zero-order valence-electron chi connectivity index (χ0n) is 11.5. The first-order chi connectivity index (χ1) is 7.97. The fourth-order valence-electron chi connectivity index (χ4n) is 2.30. The summed E-state index contributed by atoms with van der Waals surface area (Å²) >= 11 is 0. The molecule has 17 heavy (non-hydrogen) atoms. The lowest BCUT2D eigenvalue weighted by molar-refractivity contribution is -0.136. The number of piperidine rings is 1. The fourth-order valence-corrected chi connectivity index (χ4v) is 2.30. The van der Waals surface area contributed by atoms with Gasteiger partial charge in [-0.1, -0.05) is 6.08 Å². The Labute approximate surface area is 105 Å². The molecule has 98 valence electrons. The van der Waals surface area contributed by atoms with Crippen LogP contribution < -0.4 is 0 Å². The molecule has 1 saturated heterocycles. The minimum atomic E-state index is -0.209. The maximum Gasteiger partial charge on any atom is 0.243 e. The molecule has 0 aromatic heterocycles. The molecule has 4 nitrogen and oxygen atoms in total. The Morgan fingerprint density at radius 1 is 1.35 bits per heavy atom. The minimum Gasteiger partial charge on any atom is -0.341 e. The van der Waals surface area contributed by atoms with Gasteiger partial charge in [-0.05, 0) is 47.1 Å². The third-order valence-corrected chi connectivity index (χ3v) is 3.62. The highest BCUT2D eigenvalue weighted by atomic mass is 16.2. The number of carbonyl (C=O) groups excluding carboxylic acids is 1. The lowest BCUT2D eigenvalue weighted by Gasteiger charge is -2.37. The van der Waals surface area contributed by atoms with Crippen LogP contribution in [0.15, 0.2) is 12.7 Å². The van der Waals surface area contributed by atoms with Crippen LogP contribution in [0.3, 0.4) is 0 Å². The minimum absolute atomic E-state index is 0.152. The second-order valence-corrected chi connectivity index (χ2v) is 5.13. The Kier molecular flexibility index (Phi) is 5.15. The number of carbonyl (C=O) groups is 1. The lowest BCUT2D eigenvalue weighted by atomic mass is 10.0. The molecule has 1 amide bonds. The van der Waals surface area contributed by atoms with Crippen molar-refractivity contribution in [3.05, 3.63) is 12.7 Å². The standard InChI is InChI=1S/C13H25N3O/c1-6-12(14(2)3)13(17)16(5)11-7-9-15(4)10-8-11/h6,11-12H,1,7-10H2,2-5H3/t12-/m1/s1. The van der Waals surface area contributed by atoms with E-state index in [2.05, 4.69) is 18.5 Å². The van der Waals surface area contributed by atoms with Crippen molar-refractivity contribution in [1.82, 2.24) is 14.7 Å². The summed E-state index contributed by atoms with van der Waals surface area (Å²) in [4.78, 5) is 18.4. The fraction of sp³-hybridized carbons (Fsp3) is 0.769. The van der Waals surface area contributed by atoms with E-state index in [1.807, 2.05) is 30.9 Å². The summed E-state index contributed by atoms with van der Waals surface area (Å²) in [5.41, 5.74) is 0. The van der Waals surface area contributed by atoms with E-state index in [-0.39, 0.29) is 11.9 Å². The van der Waals surface area contributed by atoms with E-state index in [0.717, 1.165) is 25.9 Å². The molecule has 0 radical (unpaired) electrons. The summed E-state index contributed by atoms with van der Waals surface area (Å²) < 4.78 is 0. The molecule has 0 bridgehead atoms. The topological polar surface area (TPSA) is 26.8 Å². The Morgan fingerprint density at radius 2 is 1.88 bits per heavy atom. The smallest absolute Gasteiger partial charge is 0.243 e. The van der Waals surface area contributed by atoms with Crippen LogP contribution in [0.4, 0.5) is 0 Å². The van der Waals surface area contributed by atoms with Gasteiger partial charge in [0.15, 0.2) is 0 Å². The van der Waals surface area contributed by atoms with Crippen molar-refractivity contribution in [2.75, 3.05) is 41.3 Å². The third kappa shape index (κ3) is 3.54. The molecular formula is C13H25N3O. The van der Waals surface area contributed by atoms with Crippen LogP contribution in [0.1, 0.15) is 12.8 Å². The zero-order valence-corrected chi connectivity index (χ0v) is 11.5. The van der Waals surface area contributed by atoms with Crippen LogP contribution in [-0.4, -0.2) is 74.0 Å². The monoisotopic (exact) mass is 239 g/mol. The average Bonchev–Trinajstić information content (AvgIpc) is 2.29. The first kappa shape index (κ1) is 14.2. The Hall–Kier alpha value is -0.870. The second-order valence-electron chi connectivity index (χ2n) is 5.13. The molecule has 0 spiro atoms. The highest BCUT2D eigenvalue weighted by molar-refractivity contribution is 5.83. The SMILES string of the molecule is C=C[C@H](C(=O)N(C)C1CCN(C)CC1)N(C)C. The van der Waals surface area contributed by atoms with Crippen molar-refractivity contribution in [1.29, 1.82) is 0 Å². The molecule has 4 heteroatoms. The Bertz CT molecular complexity index is 270. The number of hydrogen-bond donors (Lipinski definition) is 0. The average molecular weight is 239 g/mol. The highest BCUT2D eigenvalue weighted by Gasteiger charge is 2.28. The van der Waals surface area contributed by atoms with E-state index >= 15 is 0 Å². The van der Waals surface area contributed by atoms with Crippen LogP contribution in [0.5, 0.6) is 0 Å².